The van der Waals surface area contributed by atoms with Crippen LogP contribution >= 0.6 is 11.6 Å². The molecule has 0 spiro atoms. The minimum Gasteiger partial charge on any atom is -0.480 e. The van der Waals surface area contributed by atoms with Gasteiger partial charge in [0.25, 0.3) is 0 Å². The van der Waals surface area contributed by atoms with Gasteiger partial charge in [-0.3, -0.25) is 19.4 Å². The average molecular weight is 1630 g/mol. The number of pyridine rings is 4. The number of aromatic nitrogens is 8. The highest BCUT2D eigenvalue weighted by molar-refractivity contribution is 6.38. The second-order valence-corrected chi connectivity index (χ2v) is 30.3. The van der Waals surface area contributed by atoms with Crippen molar-refractivity contribution in [2.45, 2.75) is 131 Å². The molecule has 10 aromatic rings. The summed E-state index contributed by atoms with van der Waals surface area (Å²) in [4.78, 5) is 114. The molecule has 0 aliphatic carbocycles. The molecule has 4 aliphatic rings. The number of esters is 4. The Bertz CT molecular complexity index is 5020. The second kappa shape index (κ2) is 44.7. The molecule has 7 N–H and O–H groups in total. The van der Waals surface area contributed by atoms with E-state index in [1.54, 1.807) is 49.6 Å². The first kappa shape index (κ1) is 90.4. The lowest BCUT2D eigenvalue weighted by atomic mass is 9.91. The van der Waals surface area contributed by atoms with Crippen molar-refractivity contribution in [1.29, 1.82) is 10.5 Å². The van der Waals surface area contributed by atoms with E-state index in [9.17, 15) is 28.8 Å². The van der Waals surface area contributed by atoms with Crippen LogP contribution in [0.4, 0.5) is 17.1 Å². The molecule has 29 nitrogen and oxygen atoms in total. The number of carboxylic acids is 1. The number of ether oxygens (including phenoxy) is 4. The predicted molar refractivity (Wildman–Crippen MR) is 459 cm³/mol. The van der Waals surface area contributed by atoms with Crippen LogP contribution < -0.4 is 25.3 Å². The average Bonchev–Trinajstić information content (AvgIpc) is 1.34. The van der Waals surface area contributed by atoms with Gasteiger partial charge in [-0.25, -0.2) is 39.1 Å². The van der Waals surface area contributed by atoms with Crippen LogP contribution in [0, 0.1) is 46.3 Å². The molecule has 8 atom stereocenters. The molecule has 118 heavy (non-hydrogen) atoms. The van der Waals surface area contributed by atoms with Crippen molar-refractivity contribution in [3.05, 3.63) is 173 Å². The van der Waals surface area contributed by atoms with E-state index in [4.69, 9.17) is 46.2 Å². The van der Waals surface area contributed by atoms with E-state index in [0.717, 1.165) is 114 Å². The monoisotopic (exact) mass is 1630 g/mol. The van der Waals surface area contributed by atoms with Crippen molar-refractivity contribution in [2.24, 2.45) is 23.7 Å². The molecule has 2 aromatic carbocycles. The Balaban J connectivity index is 0.000000169. The summed E-state index contributed by atoms with van der Waals surface area (Å²) in [6.45, 7) is 27.1. The van der Waals surface area contributed by atoms with Gasteiger partial charge in [0.05, 0.1) is 66.2 Å². The Kier molecular flexibility index (Phi) is 34.3. The number of nitrogens with zero attached hydrogens (tertiary/aromatic N) is 12. The van der Waals surface area contributed by atoms with Gasteiger partial charge < -0.3 is 74.2 Å². The molecule has 14 rings (SSSR count). The summed E-state index contributed by atoms with van der Waals surface area (Å²) in [5.74, 6) is -0.541. The summed E-state index contributed by atoms with van der Waals surface area (Å²) >= 11 is 6.05. The van der Waals surface area contributed by atoms with E-state index in [1.165, 1.54) is 49.1 Å². The van der Waals surface area contributed by atoms with Crippen LogP contribution in [0.15, 0.2) is 135 Å². The van der Waals surface area contributed by atoms with Gasteiger partial charge in [0.2, 0.25) is 5.91 Å². The van der Waals surface area contributed by atoms with Crippen molar-refractivity contribution in [1.82, 2.24) is 65.2 Å². The number of aromatic amines is 4. The van der Waals surface area contributed by atoms with Gasteiger partial charge in [-0.2, -0.15) is 10.5 Å². The fourth-order valence-corrected chi connectivity index (χ4v) is 15.9. The Hall–Kier alpha value is -11.5. The molecule has 0 unspecified atom stereocenters. The third-order valence-corrected chi connectivity index (χ3v) is 22.6. The first-order valence-corrected chi connectivity index (χ1v) is 40.9. The molecular weight excluding hydrogens is 1520 g/mol. The zero-order chi connectivity index (χ0) is 85.0. The third-order valence-electron chi connectivity index (χ3n) is 22.2. The molecule has 12 heterocycles. The number of amides is 1. The van der Waals surface area contributed by atoms with Crippen molar-refractivity contribution in [3.8, 4) is 12.1 Å². The molecule has 0 bridgehead atoms. The number of hydrogen-bond donors (Lipinski definition) is 7. The number of hydrogen-bond acceptors (Lipinski definition) is 23. The molecule has 628 valence electrons. The third kappa shape index (κ3) is 23.5. The van der Waals surface area contributed by atoms with E-state index in [2.05, 4.69) is 185 Å². The number of aliphatic carboxylic acids is 1. The van der Waals surface area contributed by atoms with E-state index < -0.39 is 24.3 Å². The number of carbonyl (C=O) groups is 6. The van der Waals surface area contributed by atoms with Crippen molar-refractivity contribution >= 4 is 109 Å². The van der Waals surface area contributed by atoms with Crippen LogP contribution in [0.25, 0.3) is 44.1 Å². The molecule has 4 aliphatic heterocycles. The maximum atomic E-state index is 12.7. The predicted octanol–water partition coefficient (Wildman–Crippen LogP) is 13.1. The SMILES string of the molecule is CCOC(=O)c1cnc2[nH]ccc2c1Cl.CCOC(=O)c1cnc2[nH]ccc2c1N(C)[C@H]1CN(C(=O)CC#N)CC[C@H]1C.CCOC(=O)c1cnc2[nH]ccc2c1N(C)[C@H]1CN(Cc2ccccc2)CC[C@H]1C.CCOC(=O)c1cnc2[nH]ccc2c1N(C)[C@H]1CNCC[C@H]1C.CN[C@H]1CN(Cc2ccccc2)CC[C@H]1C.N#CCC(=O)O. The van der Waals surface area contributed by atoms with Gasteiger partial charge in [-0.1, -0.05) is 100.0 Å². The molecule has 30 heteroatoms. The number of carbonyl (C=O) groups excluding carboxylic acids is 5. The minimum atomic E-state index is -1.07. The van der Waals surface area contributed by atoms with E-state index >= 15 is 0 Å². The van der Waals surface area contributed by atoms with Crippen LogP contribution in [-0.4, -0.2) is 227 Å². The molecule has 1 amide bonds. The summed E-state index contributed by atoms with van der Waals surface area (Å²) in [5, 5.41) is 34.9. The van der Waals surface area contributed by atoms with Gasteiger partial charge in [-0.05, 0) is 139 Å². The Morgan fingerprint density at radius 3 is 1.28 bits per heavy atom. The molecule has 4 fully saturated rings. The highest BCUT2D eigenvalue weighted by Crippen LogP contribution is 2.38. The lowest BCUT2D eigenvalue weighted by Crippen LogP contribution is -2.52. The maximum absolute atomic E-state index is 12.7. The van der Waals surface area contributed by atoms with E-state index in [1.807, 2.05) is 57.6 Å². The largest absolute Gasteiger partial charge is 0.480 e. The summed E-state index contributed by atoms with van der Waals surface area (Å²) in [5.41, 5.74) is 9.98. The lowest BCUT2D eigenvalue weighted by molar-refractivity contribution is -0.136. The number of carboxylic acid groups (broad SMARTS) is 1. The smallest absolute Gasteiger partial charge is 0.341 e. The van der Waals surface area contributed by atoms with E-state index in [0.29, 0.717) is 101 Å². The summed E-state index contributed by atoms with van der Waals surface area (Å²) in [7, 11) is 8.16. The zero-order valence-electron chi connectivity index (χ0n) is 69.7. The number of likely N-dealkylation sites (N-methyl/N-ethyl adjacent to an activating group) is 4. The highest BCUT2D eigenvalue weighted by Gasteiger charge is 2.37. The van der Waals surface area contributed by atoms with Gasteiger partial charge >= 0.3 is 29.8 Å². The first-order chi connectivity index (χ1) is 57.0. The Morgan fingerprint density at radius 1 is 0.500 bits per heavy atom. The van der Waals surface area contributed by atoms with Crippen LogP contribution in [0.5, 0.6) is 0 Å². The highest BCUT2D eigenvalue weighted by atomic mass is 35.5. The number of piperidine rings is 4. The number of rotatable bonds is 21. The van der Waals surface area contributed by atoms with E-state index in [-0.39, 0.29) is 43.0 Å². The van der Waals surface area contributed by atoms with Crippen molar-refractivity contribution < 1.29 is 52.8 Å². The Morgan fingerprint density at radius 2 is 0.873 bits per heavy atom. The van der Waals surface area contributed by atoms with Gasteiger partial charge in [0.15, 0.2) is 0 Å². The van der Waals surface area contributed by atoms with Crippen LogP contribution in [0.3, 0.4) is 0 Å². The number of anilines is 3. The van der Waals surface area contributed by atoms with Gasteiger partial charge in [-0.15, -0.1) is 0 Å². The van der Waals surface area contributed by atoms with Crippen molar-refractivity contribution in [2.75, 3.05) is 122 Å². The van der Waals surface area contributed by atoms with Crippen LogP contribution in [0.1, 0.15) is 146 Å². The van der Waals surface area contributed by atoms with Gasteiger partial charge in [0, 0.05) is 162 Å². The lowest BCUT2D eigenvalue weighted by Gasteiger charge is -2.43. The quantitative estimate of drug-likeness (QED) is 0.0259. The number of benzene rings is 2. The zero-order valence-corrected chi connectivity index (χ0v) is 70.5. The molecule has 0 saturated carbocycles. The summed E-state index contributed by atoms with van der Waals surface area (Å²) < 4.78 is 20.7. The number of nitrogens with one attached hydrogen (secondary N) is 6. The van der Waals surface area contributed by atoms with Crippen molar-refractivity contribution in [3.63, 3.8) is 0 Å². The second-order valence-electron chi connectivity index (χ2n) is 29.9. The number of halogens is 1. The summed E-state index contributed by atoms with van der Waals surface area (Å²) in [6, 6.07) is 33.7. The first-order valence-electron chi connectivity index (χ1n) is 40.5. The number of likely N-dealkylation sites (tertiary alicyclic amines) is 3. The maximum Gasteiger partial charge on any atom is 0.341 e. The summed E-state index contributed by atoms with van der Waals surface area (Å²) in [6.07, 6.45) is 17.3. The normalized spacial score (nSPS) is 19.1. The van der Waals surface area contributed by atoms with Crippen LogP contribution in [0.2, 0.25) is 5.02 Å². The number of nitriles is 2. The molecular formula is C88H113ClN18O11. The molecule has 0 radical (unpaired) electrons. The molecule has 4 saturated heterocycles. The fourth-order valence-electron chi connectivity index (χ4n) is 15.6. The fraction of sp³-hybridized carbons (Fsp3) is 0.455. The number of H-pyrrole nitrogens is 4. The Labute approximate surface area is 695 Å². The van der Waals surface area contributed by atoms with Gasteiger partial charge in [0.1, 0.15) is 52.1 Å². The topological polar surface area (TPSA) is 365 Å². The molecule has 8 aromatic heterocycles. The minimum absolute atomic E-state index is 0.00469. The standard InChI is InChI=1S/C24H30N4O2.C20H25N5O3.C17H24N4O2.C14H22N2.C10H9ClN2O2.C3H3NO2/c1-4-30-24(29)20-14-26-23-19(10-12-25-23)22(20)27(3)21-16-28(13-11-17(21)2)15-18-8-6-5-7-9-18;1-4-28-20(27)15-11-23-19-14(6-9-22-19)18(15)24(3)16-12-25(10-7-13(16)2)17(26)5-8-21;1-4-23-17(22)13-9-20-16-12(6-8-19-16)15(13)21(3)14-10-18-7-5-11(14)2;1-12-8-9-16(11-14(12)15-2)10-13-6-4-3-5-7-13;1-2-15-10(14)7-5-13-9-6(8(7)11)3-4-12-9;4-2-1-3(5)6/h5-10,12,14,17,21H,4,11,13,15-16H2,1-3H3,(H,25,26);6,9,11,13,16H,4-5,7,10,12H2,1-3H3,(H,22,23);6,8-9,11,14,18H,4-5,7,10H2,1-3H3,(H,19,20);3-7,12,14-15H,8-11H2,1-2H3;3-5H,2H2,1H3,(H,12,13);1H2,(H,5,6)/t17-,21+;13-,16+;11-,14+;12-,14+;;/m1111../s1. The number of fused-ring (bicyclic) bond motifs is 4. The van der Waals surface area contributed by atoms with Crippen LogP contribution in [-0.2, 0) is 41.6 Å².